The van der Waals surface area contributed by atoms with Gasteiger partial charge in [-0.2, -0.15) is 0 Å². The van der Waals surface area contributed by atoms with Crippen LogP contribution in [0.25, 0.3) is 0 Å². The Balaban J connectivity index is 2.12. The fourth-order valence-corrected chi connectivity index (χ4v) is 3.10. The summed E-state index contributed by atoms with van der Waals surface area (Å²) in [4.78, 5) is 25.0. The zero-order chi connectivity index (χ0) is 21.6. The average molecular weight is 422 g/mol. The van der Waals surface area contributed by atoms with Crippen LogP contribution in [0.2, 0.25) is 0 Å². The molecular formula is C17H15F5N2O5. The van der Waals surface area contributed by atoms with Crippen LogP contribution in [0.3, 0.4) is 0 Å². The molecular weight excluding hydrogens is 407 g/mol. The van der Waals surface area contributed by atoms with Gasteiger partial charge in [0, 0.05) is 23.7 Å². The first kappa shape index (κ1) is 21.1. The fraction of sp³-hybridized carbons (Fsp3) is 0.412. The molecule has 0 unspecified atom stereocenters. The van der Waals surface area contributed by atoms with Gasteiger partial charge < -0.3 is 14.9 Å². The van der Waals surface area contributed by atoms with Crippen LogP contribution in [0, 0.1) is 36.0 Å². The van der Waals surface area contributed by atoms with Crippen molar-refractivity contribution >= 4 is 0 Å². The number of aliphatic hydroxyl groups is 2. The first-order valence-corrected chi connectivity index (χ1v) is 8.35. The zero-order valence-corrected chi connectivity index (χ0v) is 14.8. The van der Waals surface area contributed by atoms with Crippen LogP contribution >= 0.6 is 0 Å². The number of aliphatic hydroxyl groups excluding tert-OH is 2. The van der Waals surface area contributed by atoms with Gasteiger partial charge in [-0.1, -0.05) is 0 Å². The summed E-state index contributed by atoms with van der Waals surface area (Å²) >= 11 is 0. The number of rotatable bonds is 4. The Morgan fingerprint density at radius 2 is 1.62 bits per heavy atom. The summed E-state index contributed by atoms with van der Waals surface area (Å²) in [5.41, 5.74) is -3.59. The summed E-state index contributed by atoms with van der Waals surface area (Å²) in [5.74, 6) is -11.1. The molecule has 0 amide bonds. The third kappa shape index (κ3) is 3.47. The minimum absolute atomic E-state index is 0.0842. The third-order valence-corrected chi connectivity index (χ3v) is 4.68. The molecule has 12 heteroatoms. The van der Waals surface area contributed by atoms with Crippen molar-refractivity contribution in [2.45, 2.75) is 38.3 Å². The van der Waals surface area contributed by atoms with Crippen molar-refractivity contribution in [3.8, 4) is 0 Å². The fourth-order valence-electron chi connectivity index (χ4n) is 3.10. The maximum atomic E-state index is 14.0. The van der Waals surface area contributed by atoms with Crippen LogP contribution in [-0.2, 0) is 11.3 Å². The van der Waals surface area contributed by atoms with Gasteiger partial charge in [-0.15, -0.1) is 0 Å². The van der Waals surface area contributed by atoms with Crippen LogP contribution in [-0.4, -0.2) is 38.2 Å². The Kier molecular flexibility index (Phi) is 5.61. The minimum Gasteiger partial charge on any atom is -0.394 e. The highest BCUT2D eigenvalue weighted by molar-refractivity contribution is 5.24. The average Bonchev–Trinajstić information content (AvgIpc) is 3.07. The van der Waals surface area contributed by atoms with E-state index in [4.69, 9.17) is 9.84 Å². The third-order valence-electron chi connectivity index (χ3n) is 4.68. The summed E-state index contributed by atoms with van der Waals surface area (Å²) < 4.78 is 74.5. The van der Waals surface area contributed by atoms with Crippen LogP contribution in [0.5, 0.6) is 0 Å². The molecule has 0 aliphatic carbocycles. The second-order valence-corrected chi connectivity index (χ2v) is 6.56. The lowest BCUT2D eigenvalue weighted by Gasteiger charge is -2.18. The Labute approximate surface area is 159 Å². The van der Waals surface area contributed by atoms with Crippen LogP contribution in [0.15, 0.2) is 15.8 Å². The van der Waals surface area contributed by atoms with Crippen molar-refractivity contribution in [1.82, 2.24) is 9.13 Å². The second kappa shape index (κ2) is 7.69. The van der Waals surface area contributed by atoms with E-state index in [1.807, 2.05) is 0 Å². The first-order chi connectivity index (χ1) is 13.6. The van der Waals surface area contributed by atoms with E-state index in [0.717, 1.165) is 10.8 Å². The Hall–Kier alpha value is -2.57. The molecule has 0 spiro atoms. The van der Waals surface area contributed by atoms with Crippen molar-refractivity contribution in [3.05, 3.63) is 67.2 Å². The number of nitrogens with zero attached hydrogens (tertiary/aromatic N) is 2. The molecule has 0 saturated carbocycles. The summed E-state index contributed by atoms with van der Waals surface area (Å²) in [6.45, 7) is -0.498. The SMILES string of the molecule is Cc1cn([C@H]2C[C@H](O)[C@@H](CO)O2)c(=O)n(Cc2c(F)c(F)c(F)c(F)c2F)c1=O. The van der Waals surface area contributed by atoms with E-state index in [2.05, 4.69) is 0 Å². The number of aryl methyl sites for hydroxylation is 1. The monoisotopic (exact) mass is 422 g/mol. The molecule has 1 saturated heterocycles. The zero-order valence-electron chi connectivity index (χ0n) is 14.8. The molecule has 1 fully saturated rings. The normalized spacial score (nSPS) is 21.7. The molecule has 0 bridgehead atoms. The van der Waals surface area contributed by atoms with Crippen LogP contribution in [0.4, 0.5) is 22.0 Å². The molecule has 2 heterocycles. The van der Waals surface area contributed by atoms with Gasteiger partial charge in [-0.25, -0.2) is 26.7 Å². The molecule has 1 aliphatic rings. The van der Waals surface area contributed by atoms with Gasteiger partial charge in [0.25, 0.3) is 5.56 Å². The number of halogens is 5. The number of hydrogen-bond donors (Lipinski definition) is 2. The van der Waals surface area contributed by atoms with Crippen molar-refractivity contribution < 1.29 is 36.9 Å². The molecule has 2 N–H and O–H groups in total. The van der Waals surface area contributed by atoms with Gasteiger partial charge in [0.05, 0.1) is 19.3 Å². The number of benzene rings is 1. The van der Waals surface area contributed by atoms with E-state index >= 15 is 0 Å². The van der Waals surface area contributed by atoms with E-state index in [1.54, 1.807) is 0 Å². The van der Waals surface area contributed by atoms with Gasteiger partial charge in [0.2, 0.25) is 5.82 Å². The van der Waals surface area contributed by atoms with Gasteiger partial charge >= 0.3 is 5.69 Å². The highest BCUT2D eigenvalue weighted by Crippen LogP contribution is 2.27. The maximum Gasteiger partial charge on any atom is 0.333 e. The predicted octanol–water partition coefficient (Wildman–Crippen LogP) is 0.703. The topological polar surface area (TPSA) is 93.7 Å². The Morgan fingerprint density at radius 3 is 2.14 bits per heavy atom. The predicted molar refractivity (Wildman–Crippen MR) is 86.7 cm³/mol. The van der Waals surface area contributed by atoms with Gasteiger partial charge in [-0.05, 0) is 6.92 Å². The number of ether oxygens (including phenoxy) is 1. The summed E-state index contributed by atoms with van der Waals surface area (Å²) in [5, 5.41) is 19.0. The van der Waals surface area contributed by atoms with Crippen molar-refractivity contribution in [3.63, 3.8) is 0 Å². The van der Waals surface area contributed by atoms with Crippen LogP contribution < -0.4 is 11.2 Å². The molecule has 3 rings (SSSR count). The quantitative estimate of drug-likeness (QED) is 0.430. The lowest BCUT2D eigenvalue weighted by Crippen LogP contribution is -2.42. The Bertz CT molecular complexity index is 1050. The van der Waals surface area contributed by atoms with E-state index in [9.17, 15) is 36.6 Å². The molecule has 1 aromatic carbocycles. The van der Waals surface area contributed by atoms with Gasteiger partial charge in [0.15, 0.2) is 23.3 Å². The largest absolute Gasteiger partial charge is 0.394 e. The first-order valence-electron chi connectivity index (χ1n) is 8.35. The van der Waals surface area contributed by atoms with Gasteiger partial charge in [0.1, 0.15) is 12.3 Å². The lowest BCUT2D eigenvalue weighted by atomic mass is 10.1. The highest BCUT2D eigenvalue weighted by atomic mass is 19.2. The van der Waals surface area contributed by atoms with Gasteiger partial charge in [-0.3, -0.25) is 13.9 Å². The maximum absolute atomic E-state index is 14.0. The van der Waals surface area contributed by atoms with E-state index in [0.29, 0.717) is 4.57 Å². The van der Waals surface area contributed by atoms with E-state index < -0.39 is 77.5 Å². The van der Waals surface area contributed by atoms with E-state index in [-0.39, 0.29) is 12.0 Å². The second-order valence-electron chi connectivity index (χ2n) is 6.56. The summed E-state index contributed by atoms with van der Waals surface area (Å²) in [7, 11) is 0. The summed E-state index contributed by atoms with van der Waals surface area (Å²) in [6, 6.07) is 0. The standard InChI is InChI=1S/C17H15F5N2O5/c1-6-3-23(10-2-8(26)9(5-25)29-10)17(28)24(16(6)27)4-7-11(18)13(20)15(22)14(21)12(7)19/h3,8-10,25-26H,2,4-5H2,1H3/t8-,9+,10+/m0/s1. The molecule has 1 aliphatic heterocycles. The highest BCUT2D eigenvalue weighted by Gasteiger charge is 2.35. The van der Waals surface area contributed by atoms with Crippen molar-refractivity contribution in [1.29, 1.82) is 0 Å². The molecule has 1 aromatic heterocycles. The molecule has 2 aromatic rings. The molecule has 158 valence electrons. The molecule has 0 radical (unpaired) electrons. The van der Waals surface area contributed by atoms with Crippen molar-refractivity contribution in [2.24, 2.45) is 0 Å². The molecule has 7 nitrogen and oxygen atoms in total. The smallest absolute Gasteiger partial charge is 0.333 e. The minimum atomic E-state index is -2.36. The lowest BCUT2D eigenvalue weighted by molar-refractivity contribution is -0.0463. The molecule has 3 atom stereocenters. The van der Waals surface area contributed by atoms with Crippen molar-refractivity contribution in [2.75, 3.05) is 6.61 Å². The Morgan fingerprint density at radius 1 is 1.07 bits per heavy atom. The number of hydrogen-bond acceptors (Lipinski definition) is 5. The van der Waals surface area contributed by atoms with Crippen LogP contribution in [0.1, 0.15) is 23.8 Å². The van der Waals surface area contributed by atoms with E-state index in [1.165, 1.54) is 6.92 Å². The molecule has 29 heavy (non-hydrogen) atoms. The summed E-state index contributed by atoms with van der Waals surface area (Å²) in [6.07, 6.45) is -2.28. The number of aromatic nitrogens is 2.